The topological polar surface area (TPSA) is 67.6 Å². The number of rotatable bonds is 8. The minimum Gasteiger partial charge on any atom is -0.490 e. The maximum absolute atomic E-state index is 10.9. The molecular weight excluding hydrogens is 258 g/mol. The molecule has 0 saturated heterocycles. The highest BCUT2D eigenvalue weighted by atomic mass is 16.6. The van der Waals surface area contributed by atoms with Gasteiger partial charge in [0.2, 0.25) is 0 Å². The Morgan fingerprint density at radius 3 is 2.70 bits per heavy atom. The highest BCUT2D eigenvalue weighted by Gasteiger charge is 2.15. The average molecular weight is 281 g/mol. The van der Waals surface area contributed by atoms with Gasteiger partial charge in [-0.2, -0.15) is 0 Å². The summed E-state index contributed by atoms with van der Waals surface area (Å²) in [6.45, 7) is 3.73. The van der Waals surface area contributed by atoms with Crippen LogP contribution in [0.25, 0.3) is 0 Å². The van der Waals surface area contributed by atoms with Crippen molar-refractivity contribution in [3.8, 4) is 5.75 Å². The zero-order valence-electron chi connectivity index (χ0n) is 12.5. The van der Waals surface area contributed by atoms with E-state index in [0.29, 0.717) is 18.3 Å². The predicted molar refractivity (Wildman–Crippen MR) is 79.1 cm³/mol. The van der Waals surface area contributed by atoms with Crippen LogP contribution in [-0.4, -0.2) is 43.6 Å². The summed E-state index contributed by atoms with van der Waals surface area (Å²) >= 11 is 0. The third-order valence-electron chi connectivity index (χ3n) is 3.10. The van der Waals surface area contributed by atoms with Gasteiger partial charge in [-0.05, 0) is 45.6 Å². The van der Waals surface area contributed by atoms with Crippen LogP contribution in [0.15, 0.2) is 18.2 Å². The van der Waals surface area contributed by atoms with E-state index in [-0.39, 0.29) is 5.69 Å². The van der Waals surface area contributed by atoms with Gasteiger partial charge in [-0.15, -0.1) is 0 Å². The Hall–Kier alpha value is -1.66. The van der Waals surface area contributed by atoms with Gasteiger partial charge in [-0.25, -0.2) is 0 Å². The molecule has 1 aromatic rings. The van der Waals surface area contributed by atoms with Crippen LogP contribution < -0.4 is 10.1 Å². The van der Waals surface area contributed by atoms with E-state index < -0.39 is 4.92 Å². The summed E-state index contributed by atoms with van der Waals surface area (Å²) in [4.78, 5) is 12.7. The molecule has 20 heavy (non-hydrogen) atoms. The monoisotopic (exact) mass is 281 g/mol. The van der Waals surface area contributed by atoms with Gasteiger partial charge < -0.3 is 15.0 Å². The molecule has 1 unspecified atom stereocenters. The van der Waals surface area contributed by atoms with Crippen molar-refractivity contribution < 1.29 is 9.66 Å². The second-order valence-electron chi connectivity index (χ2n) is 5.14. The molecule has 0 heterocycles. The number of nitrogens with zero attached hydrogens (tertiary/aromatic N) is 2. The highest BCUT2D eigenvalue weighted by molar-refractivity contribution is 5.48. The molecule has 0 amide bonds. The Morgan fingerprint density at radius 2 is 2.15 bits per heavy atom. The fourth-order valence-corrected chi connectivity index (χ4v) is 1.83. The third-order valence-corrected chi connectivity index (χ3v) is 3.10. The van der Waals surface area contributed by atoms with Gasteiger partial charge >= 0.3 is 5.69 Å². The smallest absolute Gasteiger partial charge is 0.311 e. The van der Waals surface area contributed by atoms with Crippen LogP contribution in [-0.2, 0) is 6.54 Å². The molecule has 1 N–H and O–H groups in total. The molecule has 0 fully saturated rings. The van der Waals surface area contributed by atoms with Gasteiger partial charge in [0.15, 0.2) is 5.75 Å². The standard InChI is InChI=1S/C14H23N3O3/c1-11(7-8-16(2)3)15-10-12-5-6-14(20-4)13(9-12)17(18)19/h5-6,9,11,15H,7-8,10H2,1-4H3. The van der Waals surface area contributed by atoms with Crippen LogP contribution in [0.1, 0.15) is 18.9 Å². The number of benzene rings is 1. The normalized spacial score (nSPS) is 12.4. The van der Waals surface area contributed by atoms with E-state index >= 15 is 0 Å². The first kappa shape index (κ1) is 16.4. The summed E-state index contributed by atoms with van der Waals surface area (Å²) in [6, 6.07) is 5.40. The zero-order valence-corrected chi connectivity index (χ0v) is 12.5. The molecule has 0 saturated carbocycles. The lowest BCUT2D eigenvalue weighted by Gasteiger charge is -2.16. The number of methoxy groups -OCH3 is 1. The van der Waals surface area contributed by atoms with Crippen LogP contribution in [0, 0.1) is 10.1 Å². The predicted octanol–water partition coefficient (Wildman–Crippen LogP) is 2.03. The van der Waals surface area contributed by atoms with Crippen LogP contribution in [0.3, 0.4) is 0 Å². The number of hydrogen-bond donors (Lipinski definition) is 1. The molecule has 112 valence electrons. The van der Waals surface area contributed by atoms with Crippen LogP contribution >= 0.6 is 0 Å². The maximum atomic E-state index is 10.9. The molecular formula is C14H23N3O3. The minimum absolute atomic E-state index is 0.00717. The summed E-state index contributed by atoms with van der Waals surface area (Å²) < 4.78 is 4.98. The molecule has 1 atom stereocenters. The van der Waals surface area contributed by atoms with Crippen molar-refractivity contribution in [3.63, 3.8) is 0 Å². The Kier molecular flexibility index (Phi) is 6.41. The highest BCUT2D eigenvalue weighted by Crippen LogP contribution is 2.27. The number of ether oxygens (including phenoxy) is 1. The van der Waals surface area contributed by atoms with Crippen molar-refractivity contribution in [1.29, 1.82) is 0 Å². The molecule has 0 spiro atoms. The Balaban J connectivity index is 2.60. The molecule has 0 radical (unpaired) electrons. The Labute approximate surface area is 119 Å². The molecule has 1 rings (SSSR count). The first-order valence-corrected chi connectivity index (χ1v) is 6.63. The van der Waals surface area contributed by atoms with Crippen molar-refractivity contribution in [1.82, 2.24) is 10.2 Å². The maximum Gasteiger partial charge on any atom is 0.311 e. The van der Waals surface area contributed by atoms with Gasteiger partial charge in [0, 0.05) is 18.7 Å². The van der Waals surface area contributed by atoms with Crippen molar-refractivity contribution in [2.45, 2.75) is 25.9 Å². The zero-order chi connectivity index (χ0) is 15.1. The molecule has 0 bridgehead atoms. The summed E-state index contributed by atoms with van der Waals surface area (Å²) in [5, 5.41) is 14.3. The van der Waals surface area contributed by atoms with E-state index in [1.807, 2.05) is 20.2 Å². The summed E-state index contributed by atoms with van der Waals surface area (Å²) in [6.07, 6.45) is 1.03. The number of nitro benzene ring substituents is 1. The Morgan fingerprint density at radius 1 is 1.45 bits per heavy atom. The molecule has 0 aliphatic rings. The molecule has 1 aromatic carbocycles. The number of nitro groups is 1. The van der Waals surface area contributed by atoms with Gasteiger partial charge in [0.25, 0.3) is 0 Å². The first-order valence-electron chi connectivity index (χ1n) is 6.63. The average Bonchev–Trinajstić information content (AvgIpc) is 2.42. The van der Waals surface area contributed by atoms with E-state index in [1.54, 1.807) is 12.1 Å². The lowest BCUT2D eigenvalue weighted by Crippen LogP contribution is -2.29. The van der Waals surface area contributed by atoms with Crippen molar-refractivity contribution in [3.05, 3.63) is 33.9 Å². The van der Waals surface area contributed by atoms with E-state index in [9.17, 15) is 10.1 Å². The molecule has 6 heteroatoms. The van der Waals surface area contributed by atoms with Gasteiger partial charge in [-0.1, -0.05) is 6.07 Å². The first-order chi connectivity index (χ1) is 9.43. The van der Waals surface area contributed by atoms with Gasteiger partial charge in [0.1, 0.15) is 0 Å². The second kappa shape index (κ2) is 7.81. The summed E-state index contributed by atoms with van der Waals surface area (Å²) in [7, 11) is 5.52. The van der Waals surface area contributed by atoms with E-state index in [2.05, 4.69) is 17.1 Å². The molecule has 0 aromatic heterocycles. The lowest BCUT2D eigenvalue weighted by molar-refractivity contribution is -0.385. The largest absolute Gasteiger partial charge is 0.490 e. The summed E-state index contributed by atoms with van der Waals surface area (Å²) in [5.41, 5.74) is 0.891. The molecule has 0 aliphatic heterocycles. The quantitative estimate of drug-likeness (QED) is 0.583. The van der Waals surface area contributed by atoms with Crippen LogP contribution in [0.2, 0.25) is 0 Å². The van der Waals surface area contributed by atoms with Gasteiger partial charge in [0.05, 0.1) is 12.0 Å². The molecule has 6 nitrogen and oxygen atoms in total. The fourth-order valence-electron chi connectivity index (χ4n) is 1.83. The van der Waals surface area contributed by atoms with E-state index in [4.69, 9.17) is 4.74 Å². The minimum atomic E-state index is -0.419. The SMILES string of the molecule is COc1ccc(CNC(C)CCN(C)C)cc1[N+](=O)[O-]. The van der Waals surface area contributed by atoms with E-state index in [0.717, 1.165) is 18.5 Å². The van der Waals surface area contributed by atoms with Crippen LogP contribution in [0.5, 0.6) is 5.75 Å². The number of nitrogens with one attached hydrogen (secondary N) is 1. The third kappa shape index (κ3) is 5.14. The van der Waals surface area contributed by atoms with Crippen molar-refractivity contribution in [2.75, 3.05) is 27.7 Å². The van der Waals surface area contributed by atoms with Crippen molar-refractivity contribution in [2.24, 2.45) is 0 Å². The number of hydrogen-bond acceptors (Lipinski definition) is 5. The molecule has 0 aliphatic carbocycles. The van der Waals surface area contributed by atoms with Crippen LogP contribution in [0.4, 0.5) is 5.69 Å². The fraction of sp³-hybridized carbons (Fsp3) is 0.571. The van der Waals surface area contributed by atoms with Crippen molar-refractivity contribution >= 4 is 5.69 Å². The second-order valence-corrected chi connectivity index (χ2v) is 5.14. The Bertz CT molecular complexity index is 449. The van der Waals surface area contributed by atoms with Gasteiger partial charge in [-0.3, -0.25) is 10.1 Å². The lowest BCUT2D eigenvalue weighted by atomic mass is 10.1. The summed E-state index contributed by atoms with van der Waals surface area (Å²) in [5.74, 6) is 0.291. The van der Waals surface area contributed by atoms with E-state index in [1.165, 1.54) is 7.11 Å².